The minimum atomic E-state index is -0.0325. The van der Waals surface area contributed by atoms with E-state index >= 15 is 0 Å². The van der Waals surface area contributed by atoms with Crippen molar-refractivity contribution in [1.29, 1.82) is 0 Å². The van der Waals surface area contributed by atoms with Gasteiger partial charge in [-0.2, -0.15) is 0 Å². The van der Waals surface area contributed by atoms with Crippen molar-refractivity contribution < 1.29 is 9.53 Å². The number of nitrogens with zero attached hydrogens (tertiary/aromatic N) is 1. The number of carbonyl (C=O) groups is 1. The molecule has 2 unspecified atom stereocenters. The molecule has 1 aliphatic carbocycles. The van der Waals surface area contributed by atoms with Crippen LogP contribution in [0, 0.1) is 19.8 Å². The van der Waals surface area contributed by atoms with E-state index in [1.165, 1.54) is 11.4 Å². The van der Waals surface area contributed by atoms with Gasteiger partial charge >= 0.3 is 5.97 Å². The molecule has 0 aromatic carbocycles. The summed E-state index contributed by atoms with van der Waals surface area (Å²) in [5, 5.41) is 0. The summed E-state index contributed by atoms with van der Waals surface area (Å²) in [6.07, 6.45) is 4.03. The van der Waals surface area contributed by atoms with Crippen molar-refractivity contribution in [3.8, 4) is 0 Å². The van der Waals surface area contributed by atoms with E-state index in [0.717, 1.165) is 25.7 Å². The van der Waals surface area contributed by atoms with Gasteiger partial charge in [0.25, 0.3) is 0 Å². The van der Waals surface area contributed by atoms with E-state index < -0.39 is 0 Å². The molecule has 1 heterocycles. The van der Waals surface area contributed by atoms with Crippen LogP contribution in [0.4, 0.5) is 0 Å². The minimum absolute atomic E-state index is 0.0325. The van der Waals surface area contributed by atoms with Crippen LogP contribution in [0.2, 0.25) is 0 Å². The first-order valence-corrected chi connectivity index (χ1v) is 7.20. The normalized spacial score (nSPS) is 23.1. The lowest BCUT2D eigenvalue weighted by atomic mass is 9.86. The lowest BCUT2D eigenvalue weighted by molar-refractivity contribution is -0.149. The minimum Gasteiger partial charge on any atom is -0.466 e. The summed E-state index contributed by atoms with van der Waals surface area (Å²) in [4.78, 5) is 11.8. The van der Waals surface area contributed by atoms with Crippen molar-refractivity contribution in [2.24, 2.45) is 5.92 Å². The highest BCUT2D eigenvalue weighted by molar-refractivity contribution is 5.72. The average molecular weight is 264 g/mol. The van der Waals surface area contributed by atoms with E-state index in [-0.39, 0.29) is 11.9 Å². The monoisotopic (exact) mass is 264 g/mol. The van der Waals surface area contributed by atoms with Crippen LogP contribution >= 0.6 is 0 Å². The molecule has 19 heavy (non-hydrogen) atoms. The number of aromatic nitrogens is 1. The van der Waals surface area contributed by atoms with Gasteiger partial charge in [-0.05, 0) is 52.2 Å². The molecular weight excluding hydrogens is 240 g/mol. The number of hydrogen-bond acceptors (Lipinski definition) is 3. The second-order valence-corrected chi connectivity index (χ2v) is 5.39. The Morgan fingerprint density at radius 2 is 2.05 bits per heavy atom. The van der Waals surface area contributed by atoms with Crippen molar-refractivity contribution in [3.05, 3.63) is 23.5 Å². The molecule has 0 bridgehead atoms. The third kappa shape index (κ3) is 3.31. The van der Waals surface area contributed by atoms with Gasteiger partial charge in [0.2, 0.25) is 0 Å². The van der Waals surface area contributed by atoms with Crippen LogP contribution in [-0.4, -0.2) is 23.3 Å². The van der Waals surface area contributed by atoms with Gasteiger partial charge in [0, 0.05) is 17.4 Å². The predicted octanol–water partition coefficient (Wildman–Crippen LogP) is 2.77. The molecule has 0 amide bonds. The number of nitrogens with one attached hydrogen (secondary N) is 1. The molecule has 1 fully saturated rings. The highest BCUT2D eigenvalue weighted by Gasteiger charge is 2.28. The number of hydrogen-bond donors (Lipinski definition) is 1. The molecule has 106 valence electrons. The molecule has 2 atom stereocenters. The summed E-state index contributed by atoms with van der Waals surface area (Å²) in [6.45, 7) is 6.52. The molecular formula is C15H24N2O2. The summed E-state index contributed by atoms with van der Waals surface area (Å²) in [5.41, 5.74) is 5.94. The van der Waals surface area contributed by atoms with E-state index in [1.54, 1.807) is 0 Å². The Morgan fingerprint density at radius 1 is 1.37 bits per heavy atom. The van der Waals surface area contributed by atoms with E-state index in [4.69, 9.17) is 4.74 Å². The first-order valence-electron chi connectivity index (χ1n) is 7.20. The second kappa shape index (κ2) is 6.13. The summed E-state index contributed by atoms with van der Waals surface area (Å²) >= 11 is 0. The zero-order valence-corrected chi connectivity index (χ0v) is 12.1. The van der Waals surface area contributed by atoms with Crippen LogP contribution in [0.1, 0.15) is 44.0 Å². The Balaban J connectivity index is 1.96. The maximum atomic E-state index is 11.8. The fraction of sp³-hybridized carbons (Fsp3) is 0.667. The average Bonchev–Trinajstić information content (AvgIpc) is 2.71. The van der Waals surface area contributed by atoms with Crippen LogP contribution in [0.15, 0.2) is 12.1 Å². The molecule has 2 rings (SSSR count). The van der Waals surface area contributed by atoms with Crippen molar-refractivity contribution >= 4 is 5.97 Å². The molecule has 0 aliphatic heterocycles. The van der Waals surface area contributed by atoms with Crippen LogP contribution in [-0.2, 0) is 9.53 Å². The molecule has 0 saturated heterocycles. The highest BCUT2D eigenvalue weighted by Crippen LogP contribution is 2.26. The van der Waals surface area contributed by atoms with Gasteiger partial charge in [0.15, 0.2) is 0 Å². The van der Waals surface area contributed by atoms with Crippen LogP contribution in [0.25, 0.3) is 0 Å². The first-order chi connectivity index (χ1) is 9.11. The number of rotatable bonds is 4. The first kappa shape index (κ1) is 14.0. The van der Waals surface area contributed by atoms with Gasteiger partial charge in [0.05, 0.1) is 12.5 Å². The van der Waals surface area contributed by atoms with Crippen molar-refractivity contribution in [1.82, 2.24) is 4.68 Å². The predicted molar refractivity (Wildman–Crippen MR) is 75.6 cm³/mol. The van der Waals surface area contributed by atoms with Crippen molar-refractivity contribution in [2.75, 3.05) is 12.0 Å². The molecule has 0 radical (unpaired) electrons. The maximum absolute atomic E-state index is 11.8. The fourth-order valence-corrected chi connectivity index (χ4v) is 2.84. The maximum Gasteiger partial charge on any atom is 0.308 e. The zero-order valence-electron chi connectivity index (χ0n) is 12.1. The SMILES string of the molecule is CCOC(=O)C1CCCC(Nn2c(C)ccc2C)C1. The van der Waals surface area contributed by atoms with Gasteiger partial charge in [-0.3, -0.25) is 9.47 Å². The number of aryl methyl sites for hydroxylation is 2. The molecule has 0 spiro atoms. The van der Waals surface area contributed by atoms with E-state index in [1.807, 2.05) is 6.92 Å². The van der Waals surface area contributed by atoms with E-state index in [0.29, 0.717) is 12.6 Å². The van der Waals surface area contributed by atoms with Gasteiger partial charge in [0.1, 0.15) is 0 Å². The standard InChI is InChI=1S/C15H24N2O2/c1-4-19-15(18)13-6-5-7-14(10-13)16-17-11(2)8-9-12(17)3/h8-9,13-14,16H,4-7,10H2,1-3H3. The van der Waals surface area contributed by atoms with Gasteiger partial charge in [-0.25, -0.2) is 0 Å². The number of carbonyl (C=O) groups excluding carboxylic acids is 1. The molecule has 1 aliphatic rings. The summed E-state index contributed by atoms with van der Waals surface area (Å²) < 4.78 is 7.26. The molecule has 1 N–H and O–H groups in total. The second-order valence-electron chi connectivity index (χ2n) is 5.39. The Hall–Kier alpha value is -1.45. The Morgan fingerprint density at radius 3 is 2.68 bits per heavy atom. The van der Waals surface area contributed by atoms with Crippen LogP contribution in [0.5, 0.6) is 0 Å². The molecule has 1 saturated carbocycles. The summed E-state index contributed by atoms with van der Waals surface area (Å²) in [5.74, 6) is 0.0253. The summed E-state index contributed by atoms with van der Waals surface area (Å²) in [6, 6.07) is 4.56. The smallest absolute Gasteiger partial charge is 0.308 e. The lowest BCUT2D eigenvalue weighted by Gasteiger charge is -2.30. The highest BCUT2D eigenvalue weighted by atomic mass is 16.5. The van der Waals surface area contributed by atoms with E-state index in [2.05, 4.69) is 36.1 Å². The number of esters is 1. The molecule has 1 aromatic heterocycles. The van der Waals surface area contributed by atoms with Crippen LogP contribution < -0.4 is 5.43 Å². The largest absolute Gasteiger partial charge is 0.466 e. The van der Waals surface area contributed by atoms with Gasteiger partial charge < -0.3 is 10.2 Å². The molecule has 4 nitrogen and oxygen atoms in total. The third-order valence-electron chi connectivity index (χ3n) is 3.88. The van der Waals surface area contributed by atoms with Crippen LogP contribution in [0.3, 0.4) is 0 Å². The fourth-order valence-electron chi connectivity index (χ4n) is 2.84. The quantitative estimate of drug-likeness (QED) is 0.850. The Kier molecular flexibility index (Phi) is 4.51. The zero-order chi connectivity index (χ0) is 13.8. The number of ether oxygens (including phenoxy) is 1. The molecule has 1 aromatic rings. The third-order valence-corrected chi connectivity index (χ3v) is 3.88. The Bertz CT molecular complexity index is 420. The topological polar surface area (TPSA) is 43.3 Å². The van der Waals surface area contributed by atoms with Gasteiger partial charge in [-0.1, -0.05) is 6.42 Å². The molecule has 4 heteroatoms. The summed E-state index contributed by atoms with van der Waals surface area (Å²) in [7, 11) is 0. The lowest BCUT2D eigenvalue weighted by Crippen LogP contribution is -2.36. The van der Waals surface area contributed by atoms with Crippen molar-refractivity contribution in [3.63, 3.8) is 0 Å². The van der Waals surface area contributed by atoms with E-state index in [9.17, 15) is 4.79 Å². The van der Waals surface area contributed by atoms with Crippen molar-refractivity contribution in [2.45, 2.75) is 52.5 Å². The van der Waals surface area contributed by atoms with Gasteiger partial charge in [-0.15, -0.1) is 0 Å². The Labute approximate surface area is 115 Å².